The molecule has 5 rings (SSSR count). The number of aryl methyl sites for hydroxylation is 2. The van der Waals surface area contributed by atoms with Gasteiger partial charge < -0.3 is 4.74 Å². The van der Waals surface area contributed by atoms with Gasteiger partial charge in [0.2, 0.25) is 0 Å². The van der Waals surface area contributed by atoms with Crippen molar-refractivity contribution < 1.29 is 22.3 Å². The summed E-state index contributed by atoms with van der Waals surface area (Å²) in [7, 11) is 0. The fraction of sp³-hybridized carbons (Fsp3) is 0.148. The molecule has 0 fully saturated rings. The van der Waals surface area contributed by atoms with E-state index in [1.807, 2.05) is 0 Å². The molecule has 5 aromatic rings. The van der Waals surface area contributed by atoms with Gasteiger partial charge >= 0.3 is 6.18 Å². The Balaban J connectivity index is 1.49. The first-order valence-corrected chi connectivity index (χ1v) is 11.3. The van der Waals surface area contributed by atoms with E-state index < -0.39 is 17.6 Å². The number of aromatic nitrogens is 4. The SMILES string of the molecule is Cc1nc2c(OCc3ccc(C(F)(F)F)cc3)cccn2c(=O)c1-c1cc(C)n(-c2cccc(F)c2)n1. The van der Waals surface area contributed by atoms with Crippen molar-refractivity contribution in [2.75, 3.05) is 0 Å². The Kier molecular flexibility index (Phi) is 6.02. The van der Waals surface area contributed by atoms with Crippen LogP contribution in [0.1, 0.15) is 22.5 Å². The van der Waals surface area contributed by atoms with Gasteiger partial charge in [0.25, 0.3) is 5.56 Å². The third kappa shape index (κ3) is 4.69. The summed E-state index contributed by atoms with van der Waals surface area (Å²) < 4.78 is 60.9. The zero-order chi connectivity index (χ0) is 26.3. The van der Waals surface area contributed by atoms with Gasteiger partial charge in [0.15, 0.2) is 11.4 Å². The quantitative estimate of drug-likeness (QED) is 0.277. The third-order valence-electron chi connectivity index (χ3n) is 5.87. The van der Waals surface area contributed by atoms with Crippen molar-refractivity contribution in [1.82, 2.24) is 19.2 Å². The average Bonchev–Trinajstić information content (AvgIpc) is 3.23. The molecule has 0 radical (unpaired) electrons. The van der Waals surface area contributed by atoms with Gasteiger partial charge in [0.05, 0.1) is 22.5 Å². The van der Waals surface area contributed by atoms with E-state index >= 15 is 0 Å². The predicted molar refractivity (Wildman–Crippen MR) is 129 cm³/mol. The molecule has 0 unspecified atom stereocenters. The summed E-state index contributed by atoms with van der Waals surface area (Å²) in [6, 6.07) is 15.6. The number of fused-ring (bicyclic) bond motifs is 1. The Morgan fingerprint density at radius 2 is 1.73 bits per heavy atom. The lowest BCUT2D eigenvalue weighted by atomic mass is 10.1. The molecule has 3 heterocycles. The molecule has 188 valence electrons. The van der Waals surface area contributed by atoms with Gasteiger partial charge in [-0.05, 0) is 67.9 Å². The van der Waals surface area contributed by atoms with E-state index in [1.165, 1.54) is 28.7 Å². The molecule has 0 saturated heterocycles. The number of benzene rings is 2. The summed E-state index contributed by atoms with van der Waals surface area (Å²) in [4.78, 5) is 18.0. The second-order valence-electron chi connectivity index (χ2n) is 8.49. The first-order valence-electron chi connectivity index (χ1n) is 11.3. The molecule has 0 aliphatic rings. The zero-order valence-electron chi connectivity index (χ0n) is 19.8. The Morgan fingerprint density at radius 1 is 0.973 bits per heavy atom. The molecule has 6 nitrogen and oxygen atoms in total. The van der Waals surface area contributed by atoms with Gasteiger partial charge in [-0.15, -0.1) is 0 Å². The van der Waals surface area contributed by atoms with Crippen molar-refractivity contribution in [1.29, 1.82) is 0 Å². The highest BCUT2D eigenvalue weighted by Gasteiger charge is 2.30. The molecule has 3 aromatic heterocycles. The van der Waals surface area contributed by atoms with Crippen LogP contribution in [0.4, 0.5) is 17.6 Å². The van der Waals surface area contributed by atoms with Gasteiger partial charge in [-0.1, -0.05) is 18.2 Å². The van der Waals surface area contributed by atoms with Crippen molar-refractivity contribution in [2.24, 2.45) is 0 Å². The monoisotopic (exact) mass is 508 g/mol. The molecule has 0 aliphatic carbocycles. The minimum absolute atomic E-state index is 0.00822. The van der Waals surface area contributed by atoms with Crippen LogP contribution in [0.25, 0.3) is 22.6 Å². The van der Waals surface area contributed by atoms with E-state index in [4.69, 9.17) is 4.74 Å². The number of nitrogens with zero attached hydrogens (tertiary/aromatic N) is 4. The summed E-state index contributed by atoms with van der Waals surface area (Å²) in [5.41, 5.74) is 2.01. The fourth-order valence-electron chi connectivity index (χ4n) is 4.07. The first-order chi connectivity index (χ1) is 17.6. The minimum Gasteiger partial charge on any atom is -0.485 e. The van der Waals surface area contributed by atoms with Crippen LogP contribution in [0.3, 0.4) is 0 Å². The van der Waals surface area contributed by atoms with Crippen LogP contribution in [0.15, 0.2) is 77.7 Å². The highest BCUT2D eigenvalue weighted by Crippen LogP contribution is 2.29. The van der Waals surface area contributed by atoms with Crippen LogP contribution >= 0.6 is 0 Å². The smallest absolute Gasteiger partial charge is 0.416 e. The van der Waals surface area contributed by atoms with Crippen LogP contribution in [-0.2, 0) is 12.8 Å². The summed E-state index contributed by atoms with van der Waals surface area (Å²) in [5, 5.41) is 4.53. The van der Waals surface area contributed by atoms with E-state index in [1.54, 1.807) is 55.1 Å². The zero-order valence-corrected chi connectivity index (χ0v) is 19.8. The lowest BCUT2D eigenvalue weighted by molar-refractivity contribution is -0.137. The van der Waals surface area contributed by atoms with Crippen LogP contribution in [-0.4, -0.2) is 19.2 Å². The van der Waals surface area contributed by atoms with Gasteiger partial charge in [-0.3, -0.25) is 9.20 Å². The molecule has 10 heteroatoms. The number of pyridine rings is 1. The average molecular weight is 508 g/mol. The standard InChI is InChI=1S/C27H20F4N4O2/c1-16-13-22(33-35(16)21-6-3-5-20(28)14-21)24-17(2)32-25-23(7-4-12-34(25)26(24)36)37-15-18-8-10-19(11-9-18)27(29,30)31/h3-14H,15H2,1-2H3. The lowest BCUT2D eigenvalue weighted by Crippen LogP contribution is -2.19. The molecule has 0 bridgehead atoms. The van der Waals surface area contributed by atoms with E-state index in [0.717, 1.165) is 12.1 Å². The van der Waals surface area contributed by atoms with Gasteiger partial charge in [0, 0.05) is 11.9 Å². The van der Waals surface area contributed by atoms with E-state index in [2.05, 4.69) is 10.1 Å². The van der Waals surface area contributed by atoms with Gasteiger partial charge in [-0.2, -0.15) is 18.3 Å². The van der Waals surface area contributed by atoms with Crippen molar-refractivity contribution >= 4 is 5.65 Å². The molecule has 0 amide bonds. The van der Waals surface area contributed by atoms with E-state index in [0.29, 0.717) is 34.1 Å². The normalized spacial score (nSPS) is 11.7. The molecule has 2 aromatic carbocycles. The second-order valence-corrected chi connectivity index (χ2v) is 8.49. The molecular weight excluding hydrogens is 488 g/mol. The maximum Gasteiger partial charge on any atom is 0.416 e. The number of halogens is 4. The maximum absolute atomic E-state index is 13.7. The highest BCUT2D eigenvalue weighted by atomic mass is 19.4. The number of rotatable bonds is 5. The Hall–Kier alpha value is -4.47. The highest BCUT2D eigenvalue weighted by molar-refractivity contribution is 5.65. The number of hydrogen-bond donors (Lipinski definition) is 0. The molecule has 0 N–H and O–H groups in total. The molecule has 0 spiro atoms. The van der Waals surface area contributed by atoms with Crippen molar-refractivity contribution in [3.63, 3.8) is 0 Å². The van der Waals surface area contributed by atoms with Crippen LogP contribution in [0.2, 0.25) is 0 Å². The lowest BCUT2D eigenvalue weighted by Gasteiger charge is -2.12. The number of hydrogen-bond acceptors (Lipinski definition) is 4. The minimum atomic E-state index is -4.42. The fourth-order valence-corrected chi connectivity index (χ4v) is 4.07. The Bertz CT molecular complexity index is 1670. The van der Waals surface area contributed by atoms with E-state index in [-0.39, 0.29) is 23.4 Å². The third-order valence-corrected chi connectivity index (χ3v) is 5.87. The van der Waals surface area contributed by atoms with Crippen molar-refractivity contribution in [3.05, 3.63) is 112 Å². The summed E-state index contributed by atoms with van der Waals surface area (Å²) in [6.07, 6.45) is -2.87. The molecule has 0 aliphatic heterocycles. The topological polar surface area (TPSA) is 61.4 Å². The second kappa shape index (κ2) is 9.20. The summed E-state index contributed by atoms with van der Waals surface area (Å²) >= 11 is 0. The van der Waals surface area contributed by atoms with Crippen LogP contribution < -0.4 is 10.3 Å². The van der Waals surface area contributed by atoms with Crippen LogP contribution in [0.5, 0.6) is 5.75 Å². The molecule has 37 heavy (non-hydrogen) atoms. The van der Waals surface area contributed by atoms with Gasteiger partial charge in [0.1, 0.15) is 18.1 Å². The van der Waals surface area contributed by atoms with Gasteiger partial charge in [-0.25, -0.2) is 14.1 Å². The van der Waals surface area contributed by atoms with Crippen molar-refractivity contribution in [3.8, 4) is 22.7 Å². The predicted octanol–water partition coefficient (Wildman–Crippen LogP) is 5.90. The van der Waals surface area contributed by atoms with Crippen LogP contribution in [0, 0.1) is 19.7 Å². The van der Waals surface area contributed by atoms with Crippen molar-refractivity contribution in [2.45, 2.75) is 26.6 Å². The molecule has 0 atom stereocenters. The Morgan fingerprint density at radius 3 is 2.43 bits per heavy atom. The summed E-state index contributed by atoms with van der Waals surface area (Å²) in [5.74, 6) is -0.1000. The molecular formula is C27H20F4N4O2. The maximum atomic E-state index is 13.7. The number of ether oxygens (including phenoxy) is 1. The summed E-state index contributed by atoms with van der Waals surface area (Å²) in [6.45, 7) is 3.47. The van der Waals surface area contributed by atoms with E-state index in [9.17, 15) is 22.4 Å². The Labute approximate surface area is 208 Å². The molecule has 0 saturated carbocycles. The first kappa shape index (κ1) is 24.2. The number of alkyl halides is 3. The largest absolute Gasteiger partial charge is 0.485 e.